The Bertz CT molecular complexity index is 160. The van der Waals surface area contributed by atoms with Gasteiger partial charge in [-0.2, -0.15) is 0 Å². The van der Waals surface area contributed by atoms with E-state index in [0.717, 1.165) is 6.67 Å². The molecule has 2 saturated heterocycles. The predicted octanol–water partition coefficient (Wildman–Crippen LogP) is -2.23. The molecule has 2 rings (SSSR count). The fourth-order valence-electron chi connectivity index (χ4n) is 1.10. The highest BCUT2D eigenvalue weighted by molar-refractivity contribution is 7.80. The van der Waals surface area contributed by atoms with Crippen LogP contribution in [-0.2, 0) is 0 Å². The first-order chi connectivity index (χ1) is 4.86. The molecule has 2 aliphatic heterocycles. The predicted molar refractivity (Wildman–Crippen MR) is 40.7 cm³/mol. The summed E-state index contributed by atoms with van der Waals surface area (Å²) in [7, 11) is 0. The van der Waals surface area contributed by atoms with Crippen LogP contribution in [0.5, 0.6) is 0 Å². The third kappa shape index (κ3) is 0.948. The van der Waals surface area contributed by atoms with Crippen LogP contribution in [0.2, 0.25) is 0 Å². The Balaban J connectivity index is 2.03. The number of thiocarbonyl (C=S) groups is 1. The minimum Gasteiger partial charge on any atom is -0.343 e. The second kappa shape index (κ2) is 2.31. The summed E-state index contributed by atoms with van der Waals surface area (Å²) in [4.78, 5) is 0. The lowest BCUT2D eigenvalue weighted by atomic mass is 10.4. The van der Waals surface area contributed by atoms with Gasteiger partial charge in [-0.25, -0.2) is 5.43 Å². The van der Waals surface area contributed by atoms with Crippen molar-refractivity contribution in [2.45, 2.75) is 12.3 Å². The van der Waals surface area contributed by atoms with Gasteiger partial charge in [-0.1, -0.05) is 0 Å². The van der Waals surface area contributed by atoms with Crippen LogP contribution in [0.15, 0.2) is 0 Å². The second-order valence-electron chi connectivity index (χ2n) is 2.28. The van der Waals surface area contributed by atoms with E-state index in [9.17, 15) is 0 Å². The Morgan fingerprint density at radius 3 is 3.00 bits per heavy atom. The summed E-state index contributed by atoms with van der Waals surface area (Å²) >= 11 is 4.88. The van der Waals surface area contributed by atoms with E-state index < -0.39 is 0 Å². The fourth-order valence-corrected chi connectivity index (χ4v) is 1.29. The van der Waals surface area contributed by atoms with Crippen LogP contribution in [0.1, 0.15) is 0 Å². The molecule has 0 aromatic rings. The highest BCUT2D eigenvalue weighted by atomic mass is 32.1. The maximum atomic E-state index is 4.88. The van der Waals surface area contributed by atoms with Crippen LogP contribution in [0, 0.1) is 0 Å². The third-order valence-corrected chi connectivity index (χ3v) is 1.82. The topological polar surface area (TPSA) is 60.1 Å². The van der Waals surface area contributed by atoms with Crippen molar-refractivity contribution in [1.82, 2.24) is 26.8 Å². The Kier molecular flexibility index (Phi) is 1.46. The molecule has 2 unspecified atom stereocenters. The summed E-state index contributed by atoms with van der Waals surface area (Å²) in [5.74, 6) is 0. The SMILES string of the molecule is S=C1NNC2NCNC2N1. The van der Waals surface area contributed by atoms with Crippen molar-refractivity contribution in [2.24, 2.45) is 0 Å². The molecule has 0 saturated carbocycles. The molecule has 2 aliphatic rings. The van der Waals surface area contributed by atoms with E-state index in [-0.39, 0.29) is 12.3 Å². The van der Waals surface area contributed by atoms with Gasteiger partial charge in [-0.05, 0) is 12.2 Å². The Hall–Kier alpha value is -0.430. The molecule has 5 N–H and O–H groups in total. The van der Waals surface area contributed by atoms with Crippen LogP contribution in [0.3, 0.4) is 0 Å². The average Bonchev–Trinajstić information content (AvgIpc) is 2.33. The molecule has 6 heteroatoms. The maximum Gasteiger partial charge on any atom is 0.182 e. The first-order valence-electron chi connectivity index (χ1n) is 3.15. The second-order valence-corrected chi connectivity index (χ2v) is 2.69. The van der Waals surface area contributed by atoms with Crippen LogP contribution < -0.4 is 26.8 Å². The number of rotatable bonds is 0. The summed E-state index contributed by atoms with van der Waals surface area (Å²) in [6.45, 7) is 0.805. The van der Waals surface area contributed by atoms with Gasteiger partial charge in [0.1, 0.15) is 12.3 Å². The normalized spacial score (nSPS) is 38.2. The Morgan fingerprint density at radius 1 is 1.30 bits per heavy atom. The molecule has 10 heavy (non-hydrogen) atoms. The minimum atomic E-state index is 0.216. The zero-order valence-electron chi connectivity index (χ0n) is 5.27. The fraction of sp³-hybridized carbons (Fsp3) is 0.750. The maximum absolute atomic E-state index is 4.88. The van der Waals surface area contributed by atoms with E-state index in [4.69, 9.17) is 12.2 Å². The van der Waals surface area contributed by atoms with Crippen molar-refractivity contribution in [3.8, 4) is 0 Å². The Morgan fingerprint density at radius 2 is 2.10 bits per heavy atom. The zero-order chi connectivity index (χ0) is 6.97. The van der Waals surface area contributed by atoms with Crippen LogP contribution in [-0.4, -0.2) is 24.1 Å². The Labute approximate surface area is 63.9 Å². The van der Waals surface area contributed by atoms with Crippen molar-refractivity contribution in [1.29, 1.82) is 0 Å². The minimum absolute atomic E-state index is 0.216. The molecule has 0 radical (unpaired) electrons. The summed E-state index contributed by atoms with van der Waals surface area (Å²) in [6.07, 6.45) is 0.445. The zero-order valence-corrected chi connectivity index (χ0v) is 6.09. The van der Waals surface area contributed by atoms with Crippen molar-refractivity contribution in [2.75, 3.05) is 6.67 Å². The lowest BCUT2D eigenvalue weighted by molar-refractivity contribution is 0.357. The lowest BCUT2D eigenvalue weighted by Gasteiger charge is -2.29. The lowest BCUT2D eigenvalue weighted by Crippen LogP contribution is -2.67. The largest absolute Gasteiger partial charge is 0.343 e. The molecular weight excluding hydrogens is 150 g/mol. The van der Waals surface area contributed by atoms with E-state index in [1.54, 1.807) is 0 Å². The molecule has 2 atom stereocenters. The summed E-state index contributed by atoms with van der Waals surface area (Å²) in [5, 5.41) is 10.0. The molecule has 56 valence electrons. The highest BCUT2D eigenvalue weighted by Gasteiger charge is 2.29. The molecule has 0 amide bonds. The van der Waals surface area contributed by atoms with E-state index in [1.165, 1.54) is 0 Å². The van der Waals surface area contributed by atoms with Crippen molar-refractivity contribution in [3.63, 3.8) is 0 Å². The van der Waals surface area contributed by atoms with Crippen molar-refractivity contribution in [3.05, 3.63) is 0 Å². The molecular formula is C4H9N5S. The molecule has 2 fully saturated rings. The summed E-state index contributed by atoms with van der Waals surface area (Å²) < 4.78 is 0. The quantitative estimate of drug-likeness (QED) is 0.258. The molecule has 0 bridgehead atoms. The number of nitrogens with one attached hydrogen (secondary N) is 5. The standard InChI is InChI=1S/C4H9N5S/c10-4-7-2-3(8-9-4)6-1-5-2/h2-3,5-6,8H,1H2,(H2,7,9,10). The van der Waals surface area contributed by atoms with Crippen molar-refractivity contribution >= 4 is 17.3 Å². The van der Waals surface area contributed by atoms with E-state index >= 15 is 0 Å². The molecule has 0 aromatic carbocycles. The van der Waals surface area contributed by atoms with Gasteiger partial charge in [0.25, 0.3) is 0 Å². The number of hydrazine groups is 1. The van der Waals surface area contributed by atoms with Crippen molar-refractivity contribution < 1.29 is 0 Å². The average molecular weight is 159 g/mol. The van der Waals surface area contributed by atoms with Gasteiger partial charge in [0.2, 0.25) is 0 Å². The van der Waals surface area contributed by atoms with Gasteiger partial charge < -0.3 is 5.32 Å². The molecule has 0 aliphatic carbocycles. The molecule has 5 nitrogen and oxygen atoms in total. The third-order valence-electron chi connectivity index (χ3n) is 1.61. The highest BCUT2D eigenvalue weighted by Crippen LogP contribution is 1.94. The molecule has 0 aromatic heterocycles. The van der Waals surface area contributed by atoms with Gasteiger partial charge >= 0.3 is 0 Å². The summed E-state index contributed by atoms with van der Waals surface area (Å²) in [5.41, 5.74) is 5.82. The van der Waals surface area contributed by atoms with Crippen LogP contribution >= 0.6 is 12.2 Å². The van der Waals surface area contributed by atoms with Gasteiger partial charge in [0.15, 0.2) is 5.11 Å². The first kappa shape index (κ1) is 6.29. The van der Waals surface area contributed by atoms with Crippen LogP contribution in [0.4, 0.5) is 0 Å². The van der Waals surface area contributed by atoms with E-state index in [0.29, 0.717) is 5.11 Å². The van der Waals surface area contributed by atoms with Gasteiger partial charge in [-0.3, -0.25) is 16.1 Å². The smallest absolute Gasteiger partial charge is 0.182 e. The number of hydrogen-bond donors (Lipinski definition) is 5. The first-order valence-corrected chi connectivity index (χ1v) is 3.56. The molecule has 0 spiro atoms. The monoisotopic (exact) mass is 159 g/mol. The summed E-state index contributed by atoms with van der Waals surface area (Å²) in [6, 6.07) is 0. The number of fused-ring (bicyclic) bond motifs is 1. The molecule has 2 heterocycles. The van der Waals surface area contributed by atoms with E-state index in [1.807, 2.05) is 0 Å². The van der Waals surface area contributed by atoms with Crippen LogP contribution in [0.25, 0.3) is 0 Å². The van der Waals surface area contributed by atoms with Gasteiger partial charge in [0, 0.05) is 6.67 Å². The van der Waals surface area contributed by atoms with E-state index in [2.05, 4.69) is 26.8 Å². The number of hydrogen-bond acceptors (Lipinski definition) is 4. The van der Waals surface area contributed by atoms with Gasteiger partial charge in [0.05, 0.1) is 0 Å². The van der Waals surface area contributed by atoms with Gasteiger partial charge in [-0.15, -0.1) is 0 Å².